The van der Waals surface area contributed by atoms with Crippen molar-refractivity contribution in [3.63, 3.8) is 0 Å². The molecule has 3 fully saturated rings. The van der Waals surface area contributed by atoms with E-state index in [0.29, 0.717) is 12.0 Å². The first-order chi connectivity index (χ1) is 20.9. The van der Waals surface area contributed by atoms with Crippen LogP contribution in [0.2, 0.25) is 0 Å². The maximum Gasteiger partial charge on any atom is 0.343 e. The van der Waals surface area contributed by atoms with Crippen molar-refractivity contribution in [2.75, 3.05) is 6.61 Å². The maximum atomic E-state index is 14.2. The number of esters is 5. The number of hydrogen-bond acceptors (Lipinski definition) is 12. The second-order valence-corrected chi connectivity index (χ2v) is 13.4. The van der Waals surface area contributed by atoms with Crippen LogP contribution in [0.4, 0.5) is 0 Å². The second kappa shape index (κ2) is 10.7. The van der Waals surface area contributed by atoms with E-state index in [1.54, 1.807) is 51.1 Å². The highest BCUT2D eigenvalue weighted by Crippen LogP contribution is 2.74. The van der Waals surface area contributed by atoms with Crippen LogP contribution in [0.3, 0.4) is 0 Å². The molecular weight excluding hydrogens is 588 g/mol. The number of hydrogen-bond donors (Lipinski definition) is 2. The molecule has 12 nitrogen and oxygen atoms in total. The number of aliphatic hydroxyl groups is 2. The zero-order valence-corrected chi connectivity index (χ0v) is 26.5. The lowest BCUT2D eigenvalue weighted by molar-refractivity contribution is -0.341. The molecule has 0 amide bonds. The van der Waals surface area contributed by atoms with Gasteiger partial charge in [0.05, 0.1) is 16.4 Å². The summed E-state index contributed by atoms with van der Waals surface area (Å²) in [5.74, 6) is -5.66. The minimum Gasteiger partial charge on any atom is -0.463 e. The Morgan fingerprint density at radius 2 is 1.51 bits per heavy atom. The Morgan fingerprint density at radius 3 is 2.09 bits per heavy atom. The van der Waals surface area contributed by atoms with Crippen LogP contribution in [0.25, 0.3) is 0 Å². The van der Waals surface area contributed by atoms with Gasteiger partial charge < -0.3 is 33.9 Å². The molecule has 2 saturated carbocycles. The molecule has 2 N–H and O–H groups in total. The number of carbonyl (C=O) groups is 5. The molecule has 4 aliphatic rings. The fourth-order valence-corrected chi connectivity index (χ4v) is 8.79. The summed E-state index contributed by atoms with van der Waals surface area (Å²) in [7, 11) is 0. The molecule has 0 unspecified atom stereocenters. The SMILES string of the molecule is CC(=O)OC[C@]1(O)[C@@H](OC(C)=O)C[C@H](OC(C)=O)[C@]2(C)[C@@H]1[C@H](OC(=O)c1ccccc1)[C@]13CCC(C)=C1[C@@]2(O)C(=O)OC3(C)C. The number of ether oxygens (including phenoxy) is 5. The summed E-state index contributed by atoms with van der Waals surface area (Å²) in [6, 6.07) is 8.14. The molecule has 1 heterocycles. The smallest absolute Gasteiger partial charge is 0.343 e. The topological polar surface area (TPSA) is 172 Å². The molecule has 1 saturated heterocycles. The largest absolute Gasteiger partial charge is 0.463 e. The Balaban J connectivity index is 1.88. The number of fused-ring (bicyclic) bond motifs is 2. The molecule has 0 aromatic heterocycles. The van der Waals surface area contributed by atoms with Gasteiger partial charge in [0.25, 0.3) is 0 Å². The van der Waals surface area contributed by atoms with Gasteiger partial charge in [-0.1, -0.05) is 30.7 Å². The summed E-state index contributed by atoms with van der Waals surface area (Å²) >= 11 is 0. The molecule has 3 aliphatic carbocycles. The number of benzene rings is 1. The zero-order valence-electron chi connectivity index (χ0n) is 26.5. The minimum absolute atomic E-state index is 0.190. The molecule has 1 aliphatic heterocycles. The molecule has 1 aromatic rings. The van der Waals surface area contributed by atoms with Gasteiger partial charge in [0, 0.05) is 33.1 Å². The fraction of sp³-hybridized carbons (Fsp3) is 0.606. The number of cyclic esters (lactones) is 1. The van der Waals surface area contributed by atoms with E-state index < -0.39 is 88.3 Å². The predicted molar refractivity (Wildman–Crippen MR) is 154 cm³/mol. The average molecular weight is 629 g/mol. The van der Waals surface area contributed by atoms with Crippen LogP contribution in [0, 0.1) is 16.7 Å². The molecule has 12 heteroatoms. The monoisotopic (exact) mass is 628 g/mol. The molecular formula is C33H40O12. The molecule has 244 valence electrons. The first kappa shape index (κ1) is 32.6. The standard InChI is InChI=1S/C33H40O12/c1-17-13-14-31-24(17)33(40,28(38)45-29(31,5)6)30(7)22(42-19(3)35)15-23(43-20(4)36)32(39,16-41-18(2)34)25(30)26(31)44-27(37)21-11-9-8-10-12-21/h8-12,22-23,25-26,39-40H,13-16H2,1-7H3/t22-,23-,25-,26-,30+,31-,32-,33+/m0/s1. The summed E-state index contributed by atoms with van der Waals surface area (Å²) in [6.07, 6.45) is -4.01. The maximum absolute atomic E-state index is 14.2. The van der Waals surface area contributed by atoms with Gasteiger partial charge in [0.15, 0.2) is 5.60 Å². The van der Waals surface area contributed by atoms with Crippen molar-refractivity contribution in [1.29, 1.82) is 0 Å². The highest BCUT2D eigenvalue weighted by Gasteiger charge is 2.86. The zero-order chi connectivity index (χ0) is 33.3. The van der Waals surface area contributed by atoms with Crippen molar-refractivity contribution >= 4 is 29.8 Å². The summed E-state index contributed by atoms with van der Waals surface area (Å²) < 4.78 is 29.2. The Kier molecular flexibility index (Phi) is 7.72. The minimum atomic E-state index is -2.51. The fourth-order valence-electron chi connectivity index (χ4n) is 8.79. The highest BCUT2D eigenvalue weighted by molar-refractivity contribution is 5.91. The lowest BCUT2D eigenvalue weighted by Gasteiger charge is -2.71. The van der Waals surface area contributed by atoms with Crippen LogP contribution >= 0.6 is 0 Å². The van der Waals surface area contributed by atoms with E-state index in [2.05, 4.69) is 0 Å². The Bertz CT molecular complexity index is 1480. The first-order valence-corrected chi connectivity index (χ1v) is 15.0. The van der Waals surface area contributed by atoms with E-state index in [0.717, 1.165) is 20.8 Å². The van der Waals surface area contributed by atoms with Gasteiger partial charge >= 0.3 is 29.8 Å². The first-order valence-electron chi connectivity index (χ1n) is 15.0. The van der Waals surface area contributed by atoms with E-state index >= 15 is 0 Å². The summed E-state index contributed by atoms with van der Waals surface area (Å²) in [4.78, 5) is 65.3. The Hall–Kier alpha value is -3.77. The van der Waals surface area contributed by atoms with Crippen LogP contribution in [0.5, 0.6) is 0 Å². The van der Waals surface area contributed by atoms with E-state index in [1.807, 2.05) is 0 Å². The van der Waals surface area contributed by atoms with Crippen molar-refractivity contribution < 1.29 is 57.9 Å². The summed E-state index contributed by atoms with van der Waals surface area (Å²) in [5.41, 5.74) is -8.51. The van der Waals surface area contributed by atoms with Crippen molar-refractivity contribution in [2.45, 2.75) is 103 Å². The van der Waals surface area contributed by atoms with Crippen LogP contribution in [0.1, 0.15) is 78.1 Å². The lowest BCUT2D eigenvalue weighted by Crippen LogP contribution is -2.85. The normalized spacial score (nSPS) is 37.8. The van der Waals surface area contributed by atoms with Crippen LogP contribution < -0.4 is 0 Å². The van der Waals surface area contributed by atoms with Crippen molar-refractivity contribution in [2.24, 2.45) is 16.7 Å². The molecule has 5 rings (SSSR count). The predicted octanol–water partition coefficient (Wildman–Crippen LogP) is 2.57. The van der Waals surface area contributed by atoms with Gasteiger partial charge in [-0.05, 0) is 51.3 Å². The van der Waals surface area contributed by atoms with E-state index in [9.17, 15) is 34.2 Å². The molecule has 8 atom stereocenters. The lowest BCUT2D eigenvalue weighted by atomic mass is 9.37. The number of allylic oxidation sites excluding steroid dienone is 1. The van der Waals surface area contributed by atoms with Gasteiger partial charge in [-0.2, -0.15) is 0 Å². The van der Waals surface area contributed by atoms with Crippen molar-refractivity contribution in [3.05, 3.63) is 47.0 Å². The van der Waals surface area contributed by atoms with E-state index in [4.69, 9.17) is 23.7 Å². The van der Waals surface area contributed by atoms with Gasteiger partial charge in [-0.3, -0.25) is 14.4 Å². The third kappa shape index (κ3) is 4.43. The Morgan fingerprint density at radius 1 is 0.911 bits per heavy atom. The molecule has 0 spiro atoms. The van der Waals surface area contributed by atoms with Crippen molar-refractivity contribution in [3.8, 4) is 0 Å². The highest BCUT2D eigenvalue weighted by atomic mass is 16.6. The quantitative estimate of drug-likeness (QED) is 0.268. The third-order valence-electron chi connectivity index (χ3n) is 10.6. The summed E-state index contributed by atoms with van der Waals surface area (Å²) in [6.45, 7) is 9.16. The molecule has 1 aromatic carbocycles. The Labute approximate surface area is 261 Å². The second-order valence-electron chi connectivity index (χ2n) is 13.4. The van der Waals surface area contributed by atoms with Gasteiger partial charge in [0.1, 0.15) is 36.1 Å². The van der Waals surface area contributed by atoms with E-state index in [-0.39, 0.29) is 24.0 Å². The third-order valence-corrected chi connectivity index (χ3v) is 10.6. The van der Waals surface area contributed by atoms with Gasteiger partial charge in [0.2, 0.25) is 0 Å². The van der Waals surface area contributed by atoms with Crippen LogP contribution in [-0.2, 0) is 42.9 Å². The van der Waals surface area contributed by atoms with Gasteiger partial charge in [-0.15, -0.1) is 0 Å². The summed E-state index contributed by atoms with van der Waals surface area (Å²) in [5, 5.41) is 25.8. The van der Waals surface area contributed by atoms with Crippen molar-refractivity contribution in [1.82, 2.24) is 0 Å². The molecule has 0 radical (unpaired) electrons. The van der Waals surface area contributed by atoms with E-state index in [1.165, 1.54) is 6.92 Å². The van der Waals surface area contributed by atoms with Crippen LogP contribution in [0.15, 0.2) is 41.5 Å². The average Bonchev–Trinajstić information content (AvgIpc) is 3.32. The van der Waals surface area contributed by atoms with Gasteiger partial charge in [-0.25, -0.2) is 9.59 Å². The van der Waals surface area contributed by atoms with Crippen LogP contribution in [-0.4, -0.2) is 81.8 Å². The number of rotatable bonds is 6. The number of carbonyl (C=O) groups excluding carboxylic acids is 5. The molecule has 2 bridgehead atoms. The molecule has 45 heavy (non-hydrogen) atoms.